The second-order valence-corrected chi connectivity index (χ2v) is 7.08. The summed E-state index contributed by atoms with van der Waals surface area (Å²) >= 11 is 0. The van der Waals surface area contributed by atoms with E-state index in [2.05, 4.69) is 10.1 Å². The number of nitrogens with one attached hydrogen (secondary N) is 1. The van der Waals surface area contributed by atoms with E-state index < -0.39 is 28.0 Å². The third-order valence-electron chi connectivity index (χ3n) is 3.71. The molecule has 0 aliphatic carbocycles. The van der Waals surface area contributed by atoms with Gasteiger partial charge in [-0.2, -0.15) is 4.31 Å². The van der Waals surface area contributed by atoms with Crippen LogP contribution in [-0.2, 0) is 19.6 Å². The summed E-state index contributed by atoms with van der Waals surface area (Å²) in [4.78, 5) is 22.0. The molecule has 1 aliphatic heterocycles. The van der Waals surface area contributed by atoms with Crippen molar-refractivity contribution < 1.29 is 27.9 Å². The van der Waals surface area contributed by atoms with Gasteiger partial charge in [0.15, 0.2) is 0 Å². The summed E-state index contributed by atoms with van der Waals surface area (Å²) < 4.78 is 30.7. The van der Waals surface area contributed by atoms with Crippen molar-refractivity contribution in [1.82, 2.24) is 4.31 Å². The molecule has 1 fully saturated rings. The molecule has 0 aromatic heterocycles. The third-order valence-corrected chi connectivity index (χ3v) is 5.62. The molecule has 1 aromatic carbocycles. The Labute approximate surface area is 134 Å². The van der Waals surface area contributed by atoms with Gasteiger partial charge in [-0.25, -0.2) is 13.2 Å². The minimum atomic E-state index is -3.69. The average molecular weight is 341 g/mol. The van der Waals surface area contributed by atoms with Crippen molar-refractivity contribution in [1.29, 1.82) is 0 Å². The molecule has 8 nitrogen and oxygen atoms in total. The Morgan fingerprint density at radius 2 is 1.78 bits per heavy atom. The number of hydrogen-bond donors (Lipinski definition) is 1. The van der Waals surface area contributed by atoms with Gasteiger partial charge in [-0.15, -0.1) is 0 Å². The fourth-order valence-electron chi connectivity index (χ4n) is 2.36. The zero-order valence-corrected chi connectivity index (χ0v) is 13.3. The lowest BCUT2D eigenvalue weighted by Crippen LogP contribution is -2.43. The highest BCUT2D eigenvalue weighted by molar-refractivity contribution is 7.89. The van der Waals surface area contributed by atoms with Crippen molar-refractivity contribution in [3.05, 3.63) is 24.3 Å². The molecule has 0 bridgehead atoms. The molecule has 23 heavy (non-hydrogen) atoms. The Balaban J connectivity index is 2.08. The van der Waals surface area contributed by atoms with Crippen LogP contribution in [0.2, 0.25) is 0 Å². The number of ether oxygens (including phenoxy) is 1. The summed E-state index contributed by atoms with van der Waals surface area (Å²) in [6.45, 7) is 0.284. The van der Waals surface area contributed by atoms with Crippen LogP contribution in [0.3, 0.4) is 0 Å². The van der Waals surface area contributed by atoms with E-state index in [0.717, 1.165) is 0 Å². The zero-order valence-electron chi connectivity index (χ0n) is 12.5. The first-order valence-electron chi connectivity index (χ1n) is 7.00. The lowest BCUT2D eigenvalue weighted by atomic mass is 9.99. The number of hydrogen-bond acceptors (Lipinski definition) is 6. The topological polar surface area (TPSA) is 116 Å². The van der Waals surface area contributed by atoms with Crippen molar-refractivity contribution in [3.63, 3.8) is 0 Å². The molecule has 0 unspecified atom stereocenters. The molecule has 0 radical (unpaired) electrons. The van der Waals surface area contributed by atoms with E-state index >= 15 is 0 Å². The van der Waals surface area contributed by atoms with E-state index in [0.29, 0.717) is 5.69 Å². The van der Waals surface area contributed by atoms with Crippen molar-refractivity contribution in [2.45, 2.75) is 17.7 Å². The van der Waals surface area contributed by atoms with Crippen molar-refractivity contribution in [2.75, 3.05) is 25.5 Å². The normalized spacial score (nSPS) is 16.7. The van der Waals surface area contributed by atoms with Crippen LogP contribution >= 0.6 is 0 Å². The molecule has 0 spiro atoms. The highest BCUT2D eigenvalue weighted by Gasteiger charge is 2.29. The molecule has 0 atom stereocenters. The van der Waals surface area contributed by atoms with E-state index in [-0.39, 0.29) is 30.8 Å². The number of anilines is 1. The monoisotopic (exact) mass is 341 g/mol. The number of benzene rings is 1. The number of carboxylic acids is 1. The first-order valence-corrected chi connectivity index (χ1v) is 8.44. The Hall–Kier alpha value is -2.13. The number of aliphatic carboxylic acids is 1. The number of carboxylic acid groups (broad SMARTS) is 1. The number of amides is 1. The minimum absolute atomic E-state index is 0.0832. The van der Waals surface area contributed by atoms with Gasteiger partial charge in [0.05, 0.1) is 12.0 Å². The summed E-state index contributed by atoms with van der Waals surface area (Å²) in [7, 11) is -2.46. The largest absolute Gasteiger partial charge is 0.550 e. The highest BCUT2D eigenvalue weighted by Crippen LogP contribution is 2.24. The van der Waals surface area contributed by atoms with Gasteiger partial charge in [0.2, 0.25) is 10.0 Å². The minimum Gasteiger partial charge on any atom is -0.550 e. The van der Waals surface area contributed by atoms with Crippen LogP contribution in [0.1, 0.15) is 12.8 Å². The number of sulfonamides is 1. The smallest absolute Gasteiger partial charge is 0.411 e. The number of methoxy groups -OCH3 is 1. The van der Waals surface area contributed by atoms with Gasteiger partial charge in [-0.05, 0) is 37.1 Å². The zero-order chi connectivity index (χ0) is 17.0. The fourth-order valence-corrected chi connectivity index (χ4v) is 3.83. The van der Waals surface area contributed by atoms with Crippen LogP contribution in [0, 0.1) is 5.92 Å². The van der Waals surface area contributed by atoms with Crippen LogP contribution in [0.4, 0.5) is 10.5 Å². The Morgan fingerprint density at radius 1 is 1.22 bits per heavy atom. The standard InChI is InChI=1S/C14H18N2O6S/c1-22-14(19)15-11-2-4-12(5-3-11)23(20,21)16-8-6-10(7-9-16)13(17)18/h2-5,10H,6-9H2,1H3,(H,15,19)(H,17,18)/p-1. The molecule has 0 saturated carbocycles. The summed E-state index contributed by atoms with van der Waals surface area (Å²) in [5.41, 5.74) is 0.409. The number of carbonyl (C=O) groups excluding carboxylic acids is 2. The molecule has 9 heteroatoms. The maximum atomic E-state index is 12.5. The van der Waals surface area contributed by atoms with Crippen molar-refractivity contribution >= 4 is 27.8 Å². The van der Waals surface area contributed by atoms with Gasteiger partial charge in [0.1, 0.15) is 0 Å². The Bertz CT molecular complexity index is 678. The molecule has 1 amide bonds. The summed E-state index contributed by atoms with van der Waals surface area (Å²) in [6, 6.07) is 5.67. The van der Waals surface area contributed by atoms with Gasteiger partial charge < -0.3 is 14.6 Å². The van der Waals surface area contributed by atoms with Crippen molar-refractivity contribution in [3.8, 4) is 0 Å². The molecule has 126 valence electrons. The van der Waals surface area contributed by atoms with Crippen molar-refractivity contribution in [2.24, 2.45) is 5.92 Å². The van der Waals surface area contributed by atoms with Gasteiger partial charge in [0.25, 0.3) is 0 Å². The molecular weight excluding hydrogens is 324 g/mol. The van der Waals surface area contributed by atoms with E-state index in [1.807, 2.05) is 0 Å². The summed E-state index contributed by atoms with van der Waals surface area (Å²) in [5.74, 6) is -1.74. The third kappa shape index (κ3) is 3.99. The summed E-state index contributed by atoms with van der Waals surface area (Å²) in [5, 5.41) is 13.2. The number of nitrogens with zero attached hydrogens (tertiary/aromatic N) is 1. The number of carbonyl (C=O) groups is 2. The van der Waals surface area contributed by atoms with Gasteiger partial charge in [-0.3, -0.25) is 5.32 Å². The van der Waals surface area contributed by atoms with E-state index in [1.54, 1.807) is 0 Å². The molecule has 2 rings (SSSR count). The molecular formula is C14H17N2O6S-. The van der Waals surface area contributed by atoms with E-state index in [4.69, 9.17) is 0 Å². The van der Waals surface area contributed by atoms with Crippen LogP contribution in [-0.4, -0.2) is 45.0 Å². The second kappa shape index (κ2) is 6.97. The Morgan fingerprint density at radius 3 is 2.26 bits per heavy atom. The predicted octanol–water partition coefficient (Wildman–Crippen LogP) is 0.0155. The maximum Gasteiger partial charge on any atom is 0.411 e. The van der Waals surface area contributed by atoms with Crippen LogP contribution in [0.15, 0.2) is 29.2 Å². The highest BCUT2D eigenvalue weighted by atomic mass is 32.2. The maximum absolute atomic E-state index is 12.5. The van der Waals surface area contributed by atoms with Crippen LogP contribution in [0.25, 0.3) is 0 Å². The second-order valence-electron chi connectivity index (χ2n) is 5.14. The quantitative estimate of drug-likeness (QED) is 0.825. The molecule has 1 heterocycles. The van der Waals surface area contributed by atoms with Gasteiger partial charge in [-0.1, -0.05) is 0 Å². The SMILES string of the molecule is COC(=O)Nc1ccc(S(=O)(=O)N2CCC(C(=O)[O-])CC2)cc1. The van der Waals surface area contributed by atoms with Gasteiger partial charge in [0, 0.05) is 30.7 Å². The predicted molar refractivity (Wildman–Crippen MR) is 79.0 cm³/mol. The molecule has 1 aromatic rings. The lowest BCUT2D eigenvalue weighted by molar-refractivity contribution is -0.312. The van der Waals surface area contributed by atoms with Crippen LogP contribution < -0.4 is 10.4 Å². The first-order chi connectivity index (χ1) is 10.8. The number of piperidine rings is 1. The lowest BCUT2D eigenvalue weighted by Gasteiger charge is -2.31. The van der Waals surface area contributed by atoms with Crippen LogP contribution in [0.5, 0.6) is 0 Å². The van der Waals surface area contributed by atoms with E-state index in [9.17, 15) is 23.1 Å². The fraction of sp³-hybridized carbons (Fsp3) is 0.429. The first kappa shape index (κ1) is 17.2. The number of rotatable bonds is 4. The molecule has 1 saturated heterocycles. The molecule has 1 aliphatic rings. The average Bonchev–Trinajstić information content (AvgIpc) is 2.55. The van der Waals surface area contributed by atoms with E-state index in [1.165, 1.54) is 35.7 Å². The Kier molecular flexibility index (Phi) is 5.22. The van der Waals surface area contributed by atoms with Gasteiger partial charge >= 0.3 is 6.09 Å². The molecule has 1 N–H and O–H groups in total. The summed E-state index contributed by atoms with van der Waals surface area (Å²) in [6.07, 6.45) is -0.169.